The first kappa shape index (κ1) is 14.8. The van der Waals surface area contributed by atoms with Gasteiger partial charge in [-0.3, -0.25) is 11.3 Å². The molecule has 3 N–H and O–H groups in total. The summed E-state index contributed by atoms with van der Waals surface area (Å²) in [5.74, 6) is 3.91. The normalized spacial score (nSPS) is 28.1. The van der Waals surface area contributed by atoms with Crippen LogP contribution in [0.25, 0.3) is 0 Å². The first-order valence-electron chi connectivity index (χ1n) is 6.53. The molecule has 0 aromatic rings. The van der Waals surface area contributed by atoms with Crippen molar-refractivity contribution in [1.82, 2.24) is 5.43 Å². The quantitative estimate of drug-likeness (QED) is 0.581. The van der Waals surface area contributed by atoms with Crippen molar-refractivity contribution in [3.8, 4) is 0 Å². The highest BCUT2D eigenvalue weighted by Gasteiger charge is 2.47. The SMILES string of the molecule is CCCCC(NN)C1CCCCC1C(F)(F)F. The van der Waals surface area contributed by atoms with Gasteiger partial charge in [-0.25, -0.2) is 0 Å². The Hall–Kier alpha value is -0.290. The summed E-state index contributed by atoms with van der Waals surface area (Å²) in [5.41, 5.74) is 2.61. The molecule has 1 aliphatic carbocycles. The molecule has 0 amide bonds. The summed E-state index contributed by atoms with van der Waals surface area (Å²) >= 11 is 0. The lowest BCUT2D eigenvalue weighted by molar-refractivity contribution is -0.199. The summed E-state index contributed by atoms with van der Waals surface area (Å²) in [4.78, 5) is 0. The Morgan fingerprint density at radius 3 is 2.47 bits per heavy atom. The number of unbranched alkanes of at least 4 members (excludes halogenated alkanes) is 1. The summed E-state index contributed by atoms with van der Waals surface area (Å²) < 4.78 is 38.8. The minimum atomic E-state index is -4.08. The van der Waals surface area contributed by atoms with E-state index in [1.54, 1.807) is 0 Å². The molecule has 3 unspecified atom stereocenters. The van der Waals surface area contributed by atoms with Gasteiger partial charge in [0.2, 0.25) is 0 Å². The molecule has 0 aromatic heterocycles. The van der Waals surface area contributed by atoms with Gasteiger partial charge in [0.25, 0.3) is 0 Å². The predicted molar refractivity (Wildman–Crippen MR) is 62.1 cm³/mol. The van der Waals surface area contributed by atoms with Gasteiger partial charge in [0.15, 0.2) is 0 Å². The van der Waals surface area contributed by atoms with Crippen molar-refractivity contribution < 1.29 is 13.2 Å². The first-order valence-corrected chi connectivity index (χ1v) is 6.53. The molecule has 0 heterocycles. The van der Waals surface area contributed by atoms with Gasteiger partial charge in [0.05, 0.1) is 5.92 Å². The second kappa shape index (κ2) is 6.59. The molecular weight excluding hydrogens is 229 g/mol. The zero-order chi connectivity index (χ0) is 12.9. The number of nitrogens with two attached hydrogens (primary N) is 1. The molecule has 0 saturated heterocycles. The van der Waals surface area contributed by atoms with Crippen molar-refractivity contribution in [1.29, 1.82) is 0 Å². The maximum atomic E-state index is 12.9. The molecule has 17 heavy (non-hydrogen) atoms. The van der Waals surface area contributed by atoms with Crippen molar-refractivity contribution >= 4 is 0 Å². The molecule has 3 atom stereocenters. The largest absolute Gasteiger partial charge is 0.392 e. The predicted octanol–water partition coefficient (Wildman–Crippen LogP) is 3.38. The van der Waals surface area contributed by atoms with Crippen molar-refractivity contribution in [3.63, 3.8) is 0 Å². The second-order valence-electron chi connectivity index (χ2n) is 5.01. The molecule has 2 nitrogen and oxygen atoms in total. The van der Waals surface area contributed by atoms with Crippen molar-refractivity contribution in [3.05, 3.63) is 0 Å². The third kappa shape index (κ3) is 4.14. The highest BCUT2D eigenvalue weighted by molar-refractivity contribution is 4.87. The lowest BCUT2D eigenvalue weighted by Gasteiger charge is -2.37. The molecule has 0 aromatic carbocycles. The molecule has 0 radical (unpaired) electrons. The zero-order valence-corrected chi connectivity index (χ0v) is 10.4. The molecule has 1 rings (SSSR count). The maximum absolute atomic E-state index is 12.9. The summed E-state index contributed by atoms with van der Waals surface area (Å²) in [6.45, 7) is 2.04. The number of halogens is 3. The minimum Gasteiger partial charge on any atom is -0.271 e. The Morgan fingerprint density at radius 1 is 1.29 bits per heavy atom. The van der Waals surface area contributed by atoms with E-state index < -0.39 is 12.1 Å². The molecular formula is C12H23F3N2. The smallest absolute Gasteiger partial charge is 0.271 e. The lowest BCUT2D eigenvalue weighted by Crippen LogP contribution is -2.48. The molecule has 1 saturated carbocycles. The van der Waals surface area contributed by atoms with Crippen molar-refractivity contribution in [2.75, 3.05) is 0 Å². The van der Waals surface area contributed by atoms with Crippen molar-refractivity contribution in [2.45, 2.75) is 64.1 Å². The Kier molecular flexibility index (Phi) is 5.73. The maximum Gasteiger partial charge on any atom is 0.392 e. The van der Waals surface area contributed by atoms with Gasteiger partial charge >= 0.3 is 6.18 Å². The Labute approximate surface area is 101 Å². The number of hydrogen-bond donors (Lipinski definition) is 2. The number of alkyl halides is 3. The van der Waals surface area contributed by atoms with Crippen LogP contribution in [0.1, 0.15) is 51.9 Å². The van der Waals surface area contributed by atoms with E-state index in [4.69, 9.17) is 5.84 Å². The first-order chi connectivity index (χ1) is 8.00. The van der Waals surface area contributed by atoms with Crippen LogP contribution in [0, 0.1) is 11.8 Å². The summed E-state index contributed by atoms with van der Waals surface area (Å²) in [5, 5.41) is 0. The fraction of sp³-hybridized carbons (Fsp3) is 1.00. The molecule has 5 heteroatoms. The minimum absolute atomic E-state index is 0.193. The fourth-order valence-corrected chi connectivity index (χ4v) is 2.89. The van der Waals surface area contributed by atoms with Gasteiger partial charge in [-0.2, -0.15) is 13.2 Å². The molecule has 0 bridgehead atoms. The van der Waals surface area contributed by atoms with Gasteiger partial charge < -0.3 is 0 Å². The van der Waals surface area contributed by atoms with Gasteiger partial charge in [-0.15, -0.1) is 0 Å². The number of hydrogen-bond acceptors (Lipinski definition) is 2. The Balaban J connectivity index is 2.68. The van der Waals surface area contributed by atoms with Crippen molar-refractivity contribution in [2.24, 2.45) is 17.7 Å². The topological polar surface area (TPSA) is 38.0 Å². The second-order valence-corrected chi connectivity index (χ2v) is 5.01. The molecule has 1 fully saturated rings. The van der Waals surface area contributed by atoms with Crippen LogP contribution in [0.5, 0.6) is 0 Å². The third-order valence-corrected chi connectivity index (χ3v) is 3.84. The van der Waals surface area contributed by atoms with Gasteiger partial charge in [0.1, 0.15) is 0 Å². The Bertz CT molecular complexity index is 218. The van der Waals surface area contributed by atoms with Gasteiger partial charge in [-0.1, -0.05) is 32.6 Å². The fourth-order valence-electron chi connectivity index (χ4n) is 2.89. The summed E-state index contributed by atoms with van der Waals surface area (Å²) in [7, 11) is 0. The van der Waals surface area contributed by atoms with Crippen LogP contribution in [-0.2, 0) is 0 Å². The van der Waals surface area contributed by atoms with E-state index >= 15 is 0 Å². The van der Waals surface area contributed by atoms with E-state index in [-0.39, 0.29) is 18.4 Å². The standard InChI is InChI=1S/C12H23F3N2/c1-2-3-8-11(17-16)9-6-4-5-7-10(9)12(13,14)15/h9-11,17H,2-8,16H2,1H3. The molecule has 0 aliphatic heterocycles. The number of nitrogens with one attached hydrogen (secondary N) is 1. The van der Waals surface area contributed by atoms with Crippen LogP contribution in [0.4, 0.5) is 13.2 Å². The van der Waals surface area contributed by atoms with E-state index in [9.17, 15) is 13.2 Å². The summed E-state index contributed by atoms with van der Waals surface area (Å²) in [6.07, 6.45) is 1.06. The van der Waals surface area contributed by atoms with Crippen LogP contribution >= 0.6 is 0 Å². The van der Waals surface area contributed by atoms with Gasteiger partial charge in [-0.05, 0) is 25.2 Å². The van der Waals surface area contributed by atoms with E-state index in [2.05, 4.69) is 5.43 Å². The monoisotopic (exact) mass is 252 g/mol. The number of rotatable bonds is 5. The van der Waals surface area contributed by atoms with Crippen LogP contribution in [-0.4, -0.2) is 12.2 Å². The zero-order valence-electron chi connectivity index (χ0n) is 10.4. The van der Waals surface area contributed by atoms with Crippen LogP contribution in [0.3, 0.4) is 0 Å². The average Bonchev–Trinajstić information content (AvgIpc) is 2.29. The Morgan fingerprint density at radius 2 is 1.94 bits per heavy atom. The van der Waals surface area contributed by atoms with E-state index in [0.29, 0.717) is 12.8 Å². The molecule has 102 valence electrons. The number of hydrazine groups is 1. The van der Waals surface area contributed by atoms with Gasteiger partial charge in [0, 0.05) is 6.04 Å². The molecule has 0 spiro atoms. The average molecular weight is 252 g/mol. The third-order valence-electron chi connectivity index (χ3n) is 3.84. The summed E-state index contributed by atoms with van der Waals surface area (Å²) in [6, 6.07) is -0.193. The van der Waals surface area contributed by atoms with Crippen LogP contribution in [0.15, 0.2) is 0 Å². The highest BCUT2D eigenvalue weighted by atomic mass is 19.4. The lowest BCUT2D eigenvalue weighted by atomic mass is 9.74. The van der Waals surface area contributed by atoms with Crippen LogP contribution < -0.4 is 11.3 Å². The van der Waals surface area contributed by atoms with Crippen LogP contribution in [0.2, 0.25) is 0 Å². The van der Waals surface area contributed by atoms with E-state index in [1.165, 1.54) is 0 Å². The van der Waals surface area contributed by atoms with E-state index in [1.807, 2.05) is 6.92 Å². The highest BCUT2D eigenvalue weighted by Crippen LogP contribution is 2.43. The molecule has 1 aliphatic rings. The van der Waals surface area contributed by atoms with E-state index in [0.717, 1.165) is 25.7 Å².